The van der Waals surface area contributed by atoms with Gasteiger partial charge in [-0.1, -0.05) is 37.3 Å². The van der Waals surface area contributed by atoms with Crippen LogP contribution in [0.2, 0.25) is 0 Å². The largest absolute Gasteiger partial charge is 0.481 e. The molecule has 114 valence electrons. The first-order valence-corrected chi connectivity index (χ1v) is 6.50. The molecular formula is C14H18N2O5. The molecule has 0 aromatic heterocycles. The third-order valence-electron chi connectivity index (χ3n) is 2.90. The standard InChI is InChI=1S/C14H18N2O5/c1-2-10(9-6-4-3-5-7-9)15-14(21)16-11(13(19)20)8-12(17)18/h3-7,10-11H,2,8H2,1H3,(H,17,18)(H,19,20)(H2,15,16,21). The summed E-state index contributed by atoms with van der Waals surface area (Å²) in [5, 5.41) is 22.3. The van der Waals surface area contributed by atoms with Crippen LogP contribution >= 0.6 is 0 Å². The molecule has 1 rings (SSSR count). The summed E-state index contributed by atoms with van der Waals surface area (Å²) in [6.45, 7) is 1.88. The Bertz CT molecular complexity index is 503. The lowest BCUT2D eigenvalue weighted by molar-refractivity contribution is -0.145. The average molecular weight is 294 g/mol. The van der Waals surface area contributed by atoms with Gasteiger partial charge in [0.15, 0.2) is 0 Å². The number of aliphatic carboxylic acids is 2. The summed E-state index contributed by atoms with van der Waals surface area (Å²) in [5.41, 5.74) is 0.889. The van der Waals surface area contributed by atoms with Crippen LogP contribution in [0.3, 0.4) is 0 Å². The normalized spacial score (nSPS) is 13.0. The summed E-state index contributed by atoms with van der Waals surface area (Å²) >= 11 is 0. The van der Waals surface area contributed by atoms with E-state index in [2.05, 4.69) is 10.6 Å². The molecule has 0 fully saturated rings. The van der Waals surface area contributed by atoms with Crippen molar-refractivity contribution in [1.29, 1.82) is 0 Å². The van der Waals surface area contributed by atoms with Crippen molar-refractivity contribution in [2.75, 3.05) is 0 Å². The number of carbonyl (C=O) groups excluding carboxylic acids is 1. The van der Waals surface area contributed by atoms with E-state index >= 15 is 0 Å². The van der Waals surface area contributed by atoms with E-state index in [-0.39, 0.29) is 6.04 Å². The van der Waals surface area contributed by atoms with E-state index < -0.39 is 30.4 Å². The summed E-state index contributed by atoms with van der Waals surface area (Å²) in [7, 11) is 0. The second-order valence-corrected chi connectivity index (χ2v) is 4.48. The fourth-order valence-corrected chi connectivity index (χ4v) is 1.84. The smallest absolute Gasteiger partial charge is 0.326 e. The molecule has 0 aliphatic heterocycles. The van der Waals surface area contributed by atoms with Gasteiger partial charge in [-0.3, -0.25) is 4.79 Å². The third kappa shape index (κ3) is 5.52. The second kappa shape index (κ2) is 7.88. The Kier molecular flexibility index (Phi) is 6.19. The molecule has 2 amide bonds. The van der Waals surface area contributed by atoms with Crippen molar-refractivity contribution >= 4 is 18.0 Å². The molecule has 0 radical (unpaired) electrons. The molecule has 4 N–H and O–H groups in total. The number of hydrogen-bond acceptors (Lipinski definition) is 3. The molecule has 21 heavy (non-hydrogen) atoms. The van der Waals surface area contributed by atoms with E-state index in [9.17, 15) is 14.4 Å². The molecule has 0 spiro atoms. The van der Waals surface area contributed by atoms with Gasteiger partial charge in [-0.25, -0.2) is 9.59 Å². The monoisotopic (exact) mass is 294 g/mol. The Morgan fingerprint density at radius 1 is 1.10 bits per heavy atom. The van der Waals surface area contributed by atoms with Crippen molar-refractivity contribution in [3.05, 3.63) is 35.9 Å². The molecule has 7 nitrogen and oxygen atoms in total. The minimum absolute atomic E-state index is 0.273. The fourth-order valence-electron chi connectivity index (χ4n) is 1.84. The fraction of sp³-hybridized carbons (Fsp3) is 0.357. The molecule has 2 atom stereocenters. The lowest BCUT2D eigenvalue weighted by Crippen LogP contribution is -2.47. The molecule has 2 unspecified atom stereocenters. The molecule has 1 aromatic carbocycles. The molecule has 0 bridgehead atoms. The molecule has 0 aliphatic carbocycles. The van der Waals surface area contributed by atoms with Crippen LogP contribution < -0.4 is 10.6 Å². The maximum atomic E-state index is 11.8. The van der Waals surface area contributed by atoms with Gasteiger partial charge >= 0.3 is 18.0 Å². The highest BCUT2D eigenvalue weighted by atomic mass is 16.4. The van der Waals surface area contributed by atoms with Crippen LogP contribution in [0.25, 0.3) is 0 Å². The number of amides is 2. The maximum Gasteiger partial charge on any atom is 0.326 e. The number of hydrogen-bond donors (Lipinski definition) is 4. The van der Waals surface area contributed by atoms with Gasteiger partial charge in [0.2, 0.25) is 0 Å². The van der Waals surface area contributed by atoms with E-state index in [1.807, 2.05) is 37.3 Å². The zero-order valence-electron chi connectivity index (χ0n) is 11.6. The van der Waals surface area contributed by atoms with Crippen molar-refractivity contribution in [2.45, 2.75) is 31.8 Å². The minimum Gasteiger partial charge on any atom is -0.481 e. The zero-order chi connectivity index (χ0) is 15.8. The molecule has 0 saturated heterocycles. The molecule has 0 aliphatic rings. The summed E-state index contributed by atoms with van der Waals surface area (Å²) in [6, 6.07) is 6.77. The SMILES string of the molecule is CCC(NC(=O)NC(CC(=O)O)C(=O)O)c1ccccc1. The summed E-state index contributed by atoms with van der Waals surface area (Å²) in [4.78, 5) is 33.3. The van der Waals surface area contributed by atoms with Gasteiger partial charge in [0.05, 0.1) is 12.5 Å². The zero-order valence-corrected chi connectivity index (χ0v) is 11.6. The van der Waals surface area contributed by atoms with Crippen LogP contribution in [0.1, 0.15) is 31.4 Å². The van der Waals surface area contributed by atoms with Gasteiger partial charge in [0.1, 0.15) is 6.04 Å². The van der Waals surface area contributed by atoms with Crippen LogP contribution in [0.4, 0.5) is 4.79 Å². The molecule has 7 heteroatoms. The molecular weight excluding hydrogens is 276 g/mol. The highest BCUT2D eigenvalue weighted by molar-refractivity contribution is 5.86. The lowest BCUT2D eigenvalue weighted by Gasteiger charge is -2.19. The second-order valence-electron chi connectivity index (χ2n) is 4.48. The number of carbonyl (C=O) groups is 3. The van der Waals surface area contributed by atoms with Gasteiger partial charge in [0, 0.05) is 0 Å². The molecule has 0 saturated carbocycles. The predicted molar refractivity (Wildman–Crippen MR) is 74.8 cm³/mol. The van der Waals surface area contributed by atoms with Crippen LogP contribution in [-0.4, -0.2) is 34.2 Å². The maximum absolute atomic E-state index is 11.8. The minimum atomic E-state index is -1.46. The van der Waals surface area contributed by atoms with Crippen LogP contribution in [0.5, 0.6) is 0 Å². The Morgan fingerprint density at radius 3 is 2.19 bits per heavy atom. The Balaban J connectivity index is 2.66. The topological polar surface area (TPSA) is 116 Å². The average Bonchev–Trinajstić information content (AvgIpc) is 2.44. The van der Waals surface area contributed by atoms with E-state index in [1.54, 1.807) is 0 Å². The van der Waals surface area contributed by atoms with Gasteiger partial charge in [0.25, 0.3) is 0 Å². The number of carboxylic acids is 2. The van der Waals surface area contributed by atoms with Crippen molar-refractivity contribution in [2.24, 2.45) is 0 Å². The van der Waals surface area contributed by atoms with Crippen molar-refractivity contribution < 1.29 is 24.6 Å². The predicted octanol–water partition coefficient (Wildman–Crippen LogP) is 1.36. The number of benzene rings is 1. The van der Waals surface area contributed by atoms with E-state index in [4.69, 9.17) is 10.2 Å². The first kappa shape index (κ1) is 16.5. The highest BCUT2D eigenvalue weighted by Gasteiger charge is 2.24. The Morgan fingerprint density at radius 2 is 1.71 bits per heavy atom. The lowest BCUT2D eigenvalue weighted by atomic mass is 10.1. The Labute approximate surface area is 122 Å². The summed E-state index contributed by atoms with van der Waals surface area (Å²) < 4.78 is 0. The number of nitrogens with one attached hydrogen (secondary N) is 2. The van der Waals surface area contributed by atoms with Crippen molar-refractivity contribution in [1.82, 2.24) is 10.6 Å². The van der Waals surface area contributed by atoms with E-state index in [1.165, 1.54) is 0 Å². The van der Waals surface area contributed by atoms with Crippen LogP contribution in [0.15, 0.2) is 30.3 Å². The quantitative estimate of drug-likeness (QED) is 0.606. The van der Waals surface area contributed by atoms with Crippen molar-refractivity contribution in [3.8, 4) is 0 Å². The summed E-state index contributed by atoms with van der Waals surface area (Å²) in [5.74, 6) is -2.68. The Hall–Kier alpha value is -2.57. The summed E-state index contributed by atoms with van der Waals surface area (Å²) in [6.07, 6.45) is -0.0566. The molecule has 0 heterocycles. The van der Waals surface area contributed by atoms with Crippen LogP contribution in [-0.2, 0) is 9.59 Å². The number of carboxylic acid groups (broad SMARTS) is 2. The third-order valence-corrected chi connectivity index (χ3v) is 2.90. The van der Waals surface area contributed by atoms with E-state index in [0.29, 0.717) is 6.42 Å². The number of urea groups is 1. The van der Waals surface area contributed by atoms with Gasteiger partial charge in [-0.05, 0) is 12.0 Å². The van der Waals surface area contributed by atoms with Gasteiger partial charge in [-0.15, -0.1) is 0 Å². The highest BCUT2D eigenvalue weighted by Crippen LogP contribution is 2.15. The number of rotatable bonds is 7. The first-order valence-electron chi connectivity index (χ1n) is 6.50. The van der Waals surface area contributed by atoms with Gasteiger partial charge in [-0.2, -0.15) is 0 Å². The first-order chi connectivity index (χ1) is 9.93. The van der Waals surface area contributed by atoms with Crippen LogP contribution in [0, 0.1) is 0 Å². The van der Waals surface area contributed by atoms with E-state index in [0.717, 1.165) is 5.56 Å². The van der Waals surface area contributed by atoms with Gasteiger partial charge < -0.3 is 20.8 Å². The van der Waals surface area contributed by atoms with Crippen molar-refractivity contribution in [3.63, 3.8) is 0 Å². The molecule has 1 aromatic rings.